The molecule has 0 spiro atoms. The van der Waals surface area contributed by atoms with Crippen LogP contribution in [-0.2, 0) is 17.9 Å². The zero-order chi connectivity index (χ0) is 21.6. The minimum atomic E-state index is -4.06. The zero-order valence-electron chi connectivity index (χ0n) is 19.2. The summed E-state index contributed by atoms with van der Waals surface area (Å²) in [6.45, 7) is 0. The SMILES string of the molecule is [Cl-].[Cl-].[SiH3][Zr+2]([C]1=CC=CC1)([c]1ccccc1)([c]1ccccc1)[CH]1c2ccccc2-c2ccccc21. The molecule has 6 rings (SSSR count). The molecule has 0 nitrogen and oxygen atoms in total. The van der Waals surface area contributed by atoms with Gasteiger partial charge < -0.3 is 24.8 Å². The van der Waals surface area contributed by atoms with Gasteiger partial charge in [-0.3, -0.25) is 0 Å². The molecule has 0 aromatic heterocycles. The minimum absolute atomic E-state index is 0. The first-order valence-electron chi connectivity index (χ1n) is 11.6. The summed E-state index contributed by atoms with van der Waals surface area (Å²) in [6, 6.07) is 41.6. The van der Waals surface area contributed by atoms with Crippen molar-refractivity contribution < 1.29 is 42.8 Å². The van der Waals surface area contributed by atoms with Crippen LogP contribution in [0.15, 0.2) is 131 Å². The summed E-state index contributed by atoms with van der Waals surface area (Å²) in [6.07, 6.45) is 8.25. The van der Waals surface area contributed by atoms with E-state index in [1.807, 2.05) is 0 Å². The fourth-order valence-electron chi connectivity index (χ4n) is 6.65. The fourth-order valence-corrected chi connectivity index (χ4v) is 34.8. The van der Waals surface area contributed by atoms with Gasteiger partial charge in [-0.25, -0.2) is 0 Å². The number of halogens is 2. The van der Waals surface area contributed by atoms with Crippen LogP contribution < -0.4 is 31.4 Å². The van der Waals surface area contributed by atoms with E-state index in [4.69, 9.17) is 0 Å². The molecule has 169 valence electrons. The summed E-state index contributed by atoms with van der Waals surface area (Å²) in [4.78, 5) is 0. The second-order valence-corrected chi connectivity index (χ2v) is 36.7. The molecule has 0 unspecified atom stereocenters. The molecule has 34 heavy (non-hydrogen) atoms. The van der Waals surface area contributed by atoms with Crippen molar-refractivity contribution in [1.29, 1.82) is 0 Å². The van der Waals surface area contributed by atoms with E-state index in [0.29, 0.717) is 3.63 Å². The molecule has 0 radical (unpaired) electrons. The summed E-state index contributed by atoms with van der Waals surface area (Å²) in [5.74, 6) is 0. The van der Waals surface area contributed by atoms with Crippen molar-refractivity contribution in [2.75, 3.05) is 0 Å². The Kier molecular flexibility index (Phi) is 7.09. The predicted molar refractivity (Wildman–Crippen MR) is 138 cm³/mol. The molecule has 0 bridgehead atoms. The average Bonchev–Trinajstić information content (AvgIpc) is 3.53. The van der Waals surface area contributed by atoms with Gasteiger partial charge in [-0.2, -0.15) is 0 Å². The molecule has 0 fully saturated rings. The van der Waals surface area contributed by atoms with Gasteiger partial charge in [0.25, 0.3) is 0 Å². The zero-order valence-corrected chi connectivity index (χ0v) is 25.1. The third kappa shape index (κ3) is 3.34. The third-order valence-corrected chi connectivity index (χ3v) is 41.2. The van der Waals surface area contributed by atoms with E-state index in [0.717, 1.165) is 13.8 Å². The maximum absolute atomic E-state index is 4.06. The molecular formula is C30H27Cl2SiZr. The molecule has 4 heteroatoms. The maximum atomic E-state index is 2.49. The number of rotatable bonds is 4. The molecular weight excluding hydrogens is 551 g/mol. The quantitative estimate of drug-likeness (QED) is 0.280. The molecule has 0 saturated heterocycles. The summed E-state index contributed by atoms with van der Waals surface area (Å²) >= 11 is -4.06. The second kappa shape index (κ2) is 9.59. The van der Waals surface area contributed by atoms with Crippen molar-refractivity contribution in [1.82, 2.24) is 0 Å². The number of benzene rings is 4. The molecule has 0 N–H and O–H groups in total. The van der Waals surface area contributed by atoms with Crippen LogP contribution in [0.5, 0.6) is 0 Å². The Hall–Kier alpha value is -1.96. The first kappa shape index (κ1) is 25.1. The van der Waals surface area contributed by atoms with Gasteiger partial charge in [0.05, 0.1) is 0 Å². The molecule has 2 aliphatic rings. The van der Waals surface area contributed by atoms with Gasteiger partial charge in [0.15, 0.2) is 0 Å². The van der Waals surface area contributed by atoms with Crippen LogP contribution in [-0.4, -0.2) is 7.37 Å². The summed E-state index contributed by atoms with van der Waals surface area (Å²) in [5, 5.41) is 0. The molecule has 0 saturated carbocycles. The number of hydrogen-bond acceptors (Lipinski definition) is 0. The molecule has 0 heterocycles. The van der Waals surface area contributed by atoms with E-state index < -0.39 is 17.9 Å². The van der Waals surface area contributed by atoms with Crippen molar-refractivity contribution in [2.24, 2.45) is 0 Å². The molecule has 0 aliphatic heterocycles. The van der Waals surface area contributed by atoms with Crippen molar-refractivity contribution in [3.05, 3.63) is 142 Å². The Labute approximate surface area is 218 Å². The van der Waals surface area contributed by atoms with Crippen LogP contribution in [0.3, 0.4) is 0 Å². The first-order valence-corrected chi connectivity index (χ1v) is 25.0. The predicted octanol–water partition coefficient (Wildman–Crippen LogP) is -0.771. The van der Waals surface area contributed by atoms with Gasteiger partial charge in [-0.1, -0.05) is 0 Å². The van der Waals surface area contributed by atoms with Gasteiger partial charge in [-0.15, -0.1) is 0 Å². The van der Waals surface area contributed by atoms with Gasteiger partial charge in [0, 0.05) is 0 Å². The van der Waals surface area contributed by atoms with Crippen molar-refractivity contribution in [3.63, 3.8) is 0 Å². The topological polar surface area (TPSA) is 0 Å². The standard InChI is InChI=1S/C13H9.2C6H5.C5H5.2ClH.H3Si.Zr/c1-3-7-12-10(5-1)9-11-6-2-4-8-13(11)12;2*1-2-4-6-5-3-1;1-2-4-5-3-1;;;;/h1-9H;2*1-5H;1-3H,4H2;2*1H;1H3;/q;;;;;;;+2/p-2. The van der Waals surface area contributed by atoms with Gasteiger partial charge in [0.1, 0.15) is 0 Å². The van der Waals surface area contributed by atoms with Crippen LogP contribution in [0.25, 0.3) is 11.1 Å². The van der Waals surface area contributed by atoms with E-state index in [9.17, 15) is 0 Å². The van der Waals surface area contributed by atoms with E-state index in [1.54, 1.807) is 9.82 Å². The fraction of sp³-hybridized carbons (Fsp3) is 0.0667. The number of hydrogen-bond donors (Lipinski definition) is 0. The van der Waals surface area contributed by atoms with Crippen LogP contribution >= 0.6 is 0 Å². The van der Waals surface area contributed by atoms with E-state index in [2.05, 4.69) is 127 Å². The third-order valence-electron chi connectivity index (χ3n) is 8.19. The van der Waals surface area contributed by atoms with Gasteiger partial charge >= 0.3 is 195 Å². The van der Waals surface area contributed by atoms with Crippen molar-refractivity contribution >= 4 is 13.9 Å². The van der Waals surface area contributed by atoms with E-state index >= 15 is 0 Å². The molecule has 0 atom stereocenters. The summed E-state index contributed by atoms with van der Waals surface area (Å²) in [5.41, 5.74) is 5.94. The Morgan fingerprint density at radius 2 is 1.03 bits per heavy atom. The van der Waals surface area contributed by atoms with Crippen LogP contribution in [0.1, 0.15) is 21.2 Å². The molecule has 2 aliphatic carbocycles. The monoisotopic (exact) mass is 575 g/mol. The van der Waals surface area contributed by atoms with Crippen LogP contribution in [0.4, 0.5) is 0 Å². The summed E-state index contributed by atoms with van der Waals surface area (Å²) in [7, 11) is 1.15. The van der Waals surface area contributed by atoms with Crippen molar-refractivity contribution in [2.45, 2.75) is 10.0 Å². The Morgan fingerprint density at radius 1 is 0.588 bits per heavy atom. The van der Waals surface area contributed by atoms with Gasteiger partial charge in [-0.05, 0) is 0 Å². The van der Waals surface area contributed by atoms with E-state index in [-0.39, 0.29) is 24.8 Å². The van der Waals surface area contributed by atoms with Crippen LogP contribution in [0.2, 0.25) is 0 Å². The molecule has 0 amide bonds. The molecule has 4 aromatic carbocycles. The number of allylic oxidation sites excluding steroid dienone is 4. The van der Waals surface area contributed by atoms with Crippen molar-refractivity contribution in [3.8, 4) is 11.1 Å². The average molecular weight is 578 g/mol. The molecule has 4 aromatic rings. The number of fused-ring (bicyclic) bond motifs is 3. The second-order valence-electron chi connectivity index (χ2n) is 9.51. The van der Waals surface area contributed by atoms with Crippen LogP contribution in [0, 0.1) is 0 Å². The first-order chi connectivity index (χ1) is 15.7. The summed E-state index contributed by atoms with van der Waals surface area (Å²) < 4.78 is 5.37. The Balaban J connectivity index is 0.00000137. The van der Waals surface area contributed by atoms with Gasteiger partial charge in [0.2, 0.25) is 0 Å². The van der Waals surface area contributed by atoms with E-state index in [1.165, 1.54) is 22.3 Å². The normalized spacial score (nSPS) is 14.6. The Morgan fingerprint density at radius 3 is 1.47 bits per heavy atom. The Bertz CT molecular complexity index is 1290.